The highest BCUT2D eigenvalue weighted by molar-refractivity contribution is 7.18. The molecule has 0 aliphatic carbocycles. The van der Waals surface area contributed by atoms with Gasteiger partial charge in [0.15, 0.2) is 0 Å². The summed E-state index contributed by atoms with van der Waals surface area (Å²) in [5.41, 5.74) is 10.5. The Labute approximate surface area is 240 Å². The van der Waals surface area contributed by atoms with Gasteiger partial charge in [0.25, 0.3) is 11.8 Å². The summed E-state index contributed by atoms with van der Waals surface area (Å²) in [5.74, 6) is 0.399. The number of methoxy groups -OCH3 is 1. The minimum absolute atomic E-state index is 0.202. The largest absolute Gasteiger partial charge is 0.495 e. The molecular formula is C30H30N6O4S. The third-order valence-corrected chi connectivity index (χ3v) is 8.39. The molecule has 2 amide bonds. The summed E-state index contributed by atoms with van der Waals surface area (Å²) in [5, 5.41) is 9.64. The number of aryl methyl sites for hydroxylation is 1. The van der Waals surface area contributed by atoms with Gasteiger partial charge in [-0.2, -0.15) is 0 Å². The fourth-order valence-corrected chi connectivity index (χ4v) is 6.23. The van der Waals surface area contributed by atoms with Crippen molar-refractivity contribution in [2.45, 2.75) is 0 Å². The lowest BCUT2D eigenvalue weighted by molar-refractivity contribution is 0.0334. The summed E-state index contributed by atoms with van der Waals surface area (Å²) in [6.07, 6.45) is 1.53. The van der Waals surface area contributed by atoms with E-state index >= 15 is 0 Å². The van der Waals surface area contributed by atoms with Crippen molar-refractivity contribution < 1.29 is 19.1 Å². The minimum Gasteiger partial charge on any atom is -0.495 e. The Kier molecular flexibility index (Phi) is 7.31. The molecule has 1 fully saturated rings. The number of carbonyl (C=O) groups excluding carboxylic acids is 2. The number of hydrogen-bond acceptors (Lipinski definition) is 8. The van der Waals surface area contributed by atoms with Gasteiger partial charge in [-0.15, -0.1) is 11.3 Å². The molecule has 41 heavy (non-hydrogen) atoms. The van der Waals surface area contributed by atoms with E-state index in [1.807, 2.05) is 59.5 Å². The first-order valence-corrected chi connectivity index (χ1v) is 14.1. The van der Waals surface area contributed by atoms with Crippen LogP contribution < -0.4 is 21.1 Å². The van der Waals surface area contributed by atoms with Crippen LogP contribution in [0.25, 0.3) is 32.1 Å². The lowest BCUT2D eigenvalue weighted by Crippen LogP contribution is -2.43. The van der Waals surface area contributed by atoms with Gasteiger partial charge in [-0.1, -0.05) is 24.3 Å². The normalized spacial score (nSPS) is 13.9. The molecule has 0 spiro atoms. The third-order valence-electron chi connectivity index (χ3n) is 7.38. The van der Waals surface area contributed by atoms with Crippen molar-refractivity contribution in [3.8, 4) is 16.9 Å². The molecule has 1 aliphatic rings. The quantitative estimate of drug-likeness (QED) is 0.266. The van der Waals surface area contributed by atoms with Crippen molar-refractivity contribution in [2.75, 3.05) is 51.1 Å². The molecule has 210 valence electrons. The Bertz CT molecular complexity index is 1770. The smallest absolute Gasteiger partial charge is 0.272 e. The number of anilines is 2. The molecule has 0 unspecified atom stereocenters. The van der Waals surface area contributed by atoms with Crippen LogP contribution in [0, 0.1) is 0 Å². The number of fused-ring (bicyclic) bond motifs is 2. The number of pyridine rings is 1. The molecule has 4 N–H and O–H groups in total. The summed E-state index contributed by atoms with van der Waals surface area (Å²) < 4.78 is 13.7. The van der Waals surface area contributed by atoms with Crippen LogP contribution in [0.5, 0.6) is 5.75 Å². The standard InChI is InChI=1S/C30H30N6O4S/c1-35-23-6-4-3-5-19(23)13-24(35)30(38)34-22-8-7-18(14-25(22)39-2)21-16-41-27-20(15-32-28(31)26(21)27)29(37)33-17-36-9-11-40-12-10-36/h3-8,13-16H,9-12,17H2,1-2H3,(H2,31,32)(H,33,37)(H,34,38). The summed E-state index contributed by atoms with van der Waals surface area (Å²) in [6, 6.07) is 15.3. The molecule has 0 atom stereocenters. The number of hydrogen-bond donors (Lipinski definition) is 3. The van der Waals surface area contributed by atoms with Crippen molar-refractivity contribution in [1.82, 2.24) is 19.8 Å². The number of aromatic nitrogens is 2. The van der Waals surface area contributed by atoms with Crippen molar-refractivity contribution in [2.24, 2.45) is 7.05 Å². The van der Waals surface area contributed by atoms with Crippen LogP contribution in [-0.2, 0) is 11.8 Å². The number of para-hydroxylation sites is 1. The van der Waals surface area contributed by atoms with E-state index in [2.05, 4.69) is 20.5 Å². The monoisotopic (exact) mass is 570 g/mol. The van der Waals surface area contributed by atoms with Gasteiger partial charge in [0.2, 0.25) is 0 Å². The molecule has 4 heterocycles. The Morgan fingerprint density at radius 1 is 1.12 bits per heavy atom. The van der Waals surface area contributed by atoms with Crippen LogP contribution in [0.15, 0.2) is 60.1 Å². The SMILES string of the molecule is COc1cc(-c2csc3c(C(=O)NCN4CCOCC4)cnc(N)c23)ccc1NC(=O)c1cc2ccccc2n1C. The zero-order valence-electron chi connectivity index (χ0n) is 22.8. The average Bonchev–Trinajstić information content (AvgIpc) is 3.59. The Morgan fingerprint density at radius 2 is 1.93 bits per heavy atom. The highest BCUT2D eigenvalue weighted by Crippen LogP contribution is 2.41. The van der Waals surface area contributed by atoms with Gasteiger partial charge in [0.05, 0.1) is 42.9 Å². The zero-order valence-corrected chi connectivity index (χ0v) is 23.6. The fraction of sp³-hybridized carbons (Fsp3) is 0.233. The van der Waals surface area contributed by atoms with Gasteiger partial charge >= 0.3 is 0 Å². The van der Waals surface area contributed by atoms with Crippen LogP contribution >= 0.6 is 11.3 Å². The Morgan fingerprint density at radius 3 is 2.71 bits per heavy atom. The van der Waals surface area contributed by atoms with Crippen LogP contribution in [-0.4, -0.2) is 66.3 Å². The summed E-state index contributed by atoms with van der Waals surface area (Å²) >= 11 is 1.44. The van der Waals surface area contributed by atoms with E-state index in [-0.39, 0.29) is 11.8 Å². The van der Waals surface area contributed by atoms with E-state index in [9.17, 15) is 9.59 Å². The number of amides is 2. The summed E-state index contributed by atoms with van der Waals surface area (Å²) in [7, 11) is 3.43. The maximum Gasteiger partial charge on any atom is 0.272 e. The molecule has 11 heteroatoms. The van der Waals surface area contributed by atoms with Crippen LogP contribution in [0.2, 0.25) is 0 Å². The predicted octanol–water partition coefficient (Wildman–Crippen LogP) is 4.32. The van der Waals surface area contributed by atoms with Gasteiger partial charge in [-0.25, -0.2) is 4.98 Å². The van der Waals surface area contributed by atoms with Crippen LogP contribution in [0.1, 0.15) is 20.8 Å². The number of ether oxygens (including phenoxy) is 2. The first-order valence-electron chi connectivity index (χ1n) is 13.2. The van der Waals surface area contributed by atoms with Gasteiger partial charge in [0, 0.05) is 48.2 Å². The molecular weight excluding hydrogens is 540 g/mol. The second kappa shape index (κ2) is 11.2. The first-order chi connectivity index (χ1) is 19.9. The van der Waals surface area contributed by atoms with Crippen LogP contribution in [0.3, 0.4) is 0 Å². The number of nitrogens with two attached hydrogens (primary N) is 1. The molecule has 0 radical (unpaired) electrons. The Balaban J connectivity index is 1.27. The topological polar surface area (TPSA) is 124 Å². The lowest BCUT2D eigenvalue weighted by atomic mass is 10.0. The molecule has 5 aromatic rings. The van der Waals surface area contributed by atoms with Crippen molar-refractivity contribution in [3.05, 3.63) is 71.4 Å². The lowest BCUT2D eigenvalue weighted by Gasteiger charge is -2.26. The summed E-state index contributed by atoms with van der Waals surface area (Å²) in [4.78, 5) is 32.8. The van der Waals surface area contributed by atoms with E-state index in [1.54, 1.807) is 13.2 Å². The number of rotatable bonds is 7. The van der Waals surface area contributed by atoms with E-state index in [0.29, 0.717) is 53.8 Å². The number of nitrogens with zero attached hydrogens (tertiary/aromatic N) is 3. The second-order valence-electron chi connectivity index (χ2n) is 9.82. The van der Waals surface area contributed by atoms with E-state index in [0.717, 1.165) is 39.8 Å². The molecule has 10 nitrogen and oxygen atoms in total. The predicted molar refractivity (Wildman–Crippen MR) is 162 cm³/mol. The Hall–Kier alpha value is -4.45. The number of thiophene rings is 1. The maximum absolute atomic E-state index is 13.2. The van der Waals surface area contributed by atoms with E-state index in [1.165, 1.54) is 17.5 Å². The fourth-order valence-electron chi connectivity index (χ4n) is 5.14. The van der Waals surface area contributed by atoms with Crippen molar-refractivity contribution in [1.29, 1.82) is 0 Å². The molecule has 0 saturated carbocycles. The van der Waals surface area contributed by atoms with E-state index < -0.39 is 0 Å². The van der Waals surface area contributed by atoms with Gasteiger partial charge < -0.3 is 30.4 Å². The number of nitrogens with one attached hydrogen (secondary N) is 2. The first kappa shape index (κ1) is 26.8. The molecule has 3 aromatic heterocycles. The van der Waals surface area contributed by atoms with E-state index in [4.69, 9.17) is 15.2 Å². The minimum atomic E-state index is -0.239. The molecule has 0 bridgehead atoms. The van der Waals surface area contributed by atoms with Gasteiger partial charge in [0.1, 0.15) is 17.3 Å². The third kappa shape index (κ3) is 5.10. The van der Waals surface area contributed by atoms with Gasteiger partial charge in [-0.05, 0) is 35.2 Å². The number of nitrogen functional groups attached to an aromatic ring is 1. The number of morpholine rings is 1. The highest BCUT2D eigenvalue weighted by Gasteiger charge is 2.21. The summed E-state index contributed by atoms with van der Waals surface area (Å²) in [6.45, 7) is 3.31. The maximum atomic E-state index is 13.2. The zero-order chi connectivity index (χ0) is 28.5. The number of carbonyl (C=O) groups is 2. The average molecular weight is 571 g/mol. The second-order valence-corrected chi connectivity index (χ2v) is 10.7. The molecule has 1 aliphatic heterocycles. The van der Waals surface area contributed by atoms with Gasteiger partial charge in [-0.3, -0.25) is 14.5 Å². The number of benzene rings is 2. The highest BCUT2D eigenvalue weighted by atomic mass is 32.1. The molecule has 6 rings (SSSR count). The van der Waals surface area contributed by atoms with Crippen molar-refractivity contribution in [3.63, 3.8) is 0 Å². The molecule has 1 saturated heterocycles. The van der Waals surface area contributed by atoms with Crippen molar-refractivity contribution >= 4 is 55.6 Å². The van der Waals surface area contributed by atoms with Crippen LogP contribution in [0.4, 0.5) is 11.5 Å². The molecule has 2 aromatic carbocycles.